The summed E-state index contributed by atoms with van der Waals surface area (Å²) >= 11 is 1.23. The highest BCUT2D eigenvalue weighted by atomic mass is 32.2. The number of nitrogens with one attached hydrogen (secondary N) is 1. The Morgan fingerprint density at radius 2 is 1.74 bits per heavy atom. The van der Waals surface area contributed by atoms with Crippen molar-refractivity contribution in [1.29, 1.82) is 0 Å². The Morgan fingerprint density at radius 3 is 2.30 bits per heavy atom. The molecular formula is C20H27NO4S2. The minimum Gasteiger partial charge on any atom is -0.477 e. The highest BCUT2D eigenvalue weighted by Gasteiger charge is 2.14. The largest absolute Gasteiger partial charge is 0.477 e. The maximum absolute atomic E-state index is 12.1. The fourth-order valence-corrected chi connectivity index (χ4v) is 4.61. The lowest BCUT2D eigenvalue weighted by Gasteiger charge is -2.19. The van der Waals surface area contributed by atoms with E-state index in [2.05, 4.69) is 37.6 Å². The lowest BCUT2D eigenvalue weighted by Crippen LogP contribution is -2.28. The highest BCUT2D eigenvalue weighted by molar-refractivity contribution is 7.89. The van der Waals surface area contributed by atoms with Crippen LogP contribution in [0.2, 0.25) is 0 Å². The number of rotatable bonds is 9. The number of hydrogen-bond acceptors (Lipinski definition) is 4. The van der Waals surface area contributed by atoms with Crippen molar-refractivity contribution in [3.63, 3.8) is 0 Å². The summed E-state index contributed by atoms with van der Waals surface area (Å²) < 4.78 is 26.9. The maximum atomic E-state index is 12.1. The predicted molar refractivity (Wildman–Crippen MR) is 110 cm³/mol. The van der Waals surface area contributed by atoms with E-state index in [4.69, 9.17) is 5.11 Å². The monoisotopic (exact) mass is 409 g/mol. The van der Waals surface area contributed by atoms with Gasteiger partial charge in [0.1, 0.15) is 4.88 Å². The van der Waals surface area contributed by atoms with E-state index in [0.29, 0.717) is 30.7 Å². The zero-order valence-electron chi connectivity index (χ0n) is 16.0. The van der Waals surface area contributed by atoms with Crippen molar-refractivity contribution in [2.24, 2.45) is 0 Å². The van der Waals surface area contributed by atoms with E-state index in [9.17, 15) is 13.2 Å². The summed E-state index contributed by atoms with van der Waals surface area (Å²) in [6.07, 6.45) is 1.78. The molecule has 0 saturated carbocycles. The normalized spacial score (nSPS) is 12.3. The average Bonchev–Trinajstić information content (AvgIpc) is 3.06. The van der Waals surface area contributed by atoms with E-state index in [1.807, 2.05) is 12.1 Å². The molecule has 0 aliphatic rings. The second-order valence-corrected chi connectivity index (χ2v) is 10.7. The number of benzene rings is 1. The number of aryl methyl sites for hydroxylation is 2. The maximum Gasteiger partial charge on any atom is 0.345 e. The van der Waals surface area contributed by atoms with Crippen LogP contribution in [0, 0.1) is 0 Å². The molecule has 2 rings (SSSR count). The summed E-state index contributed by atoms with van der Waals surface area (Å²) in [7, 11) is -3.32. The van der Waals surface area contributed by atoms with Crippen LogP contribution < -0.4 is 4.72 Å². The van der Waals surface area contributed by atoms with E-state index >= 15 is 0 Å². The molecule has 0 aliphatic heterocycles. The van der Waals surface area contributed by atoms with Gasteiger partial charge < -0.3 is 5.11 Å². The first-order chi connectivity index (χ1) is 12.6. The minimum absolute atomic E-state index is 0.0596. The topological polar surface area (TPSA) is 83.5 Å². The van der Waals surface area contributed by atoms with Crippen LogP contribution in [0.4, 0.5) is 0 Å². The Balaban J connectivity index is 1.75. The molecule has 148 valence electrons. The third kappa shape index (κ3) is 7.08. The van der Waals surface area contributed by atoms with E-state index in [0.717, 1.165) is 10.4 Å². The van der Waals surface area contributed by atoms with Crippen molar-refractivity contribution in [3.05, 3.63) is 57.3 Å². The second kappa shape index (κ2) is 8.99. The van der Waals surface area contributed by atoms with Gasteiger partial charge in [-0.3, -0.25) is 0 Å². The summed E-state index contributed by atoms with van der Waals surface area (Å²) in [5, 5.41) is 8.90. The van der Waals surface area contributed by atoms with Gasteiger partial charge in [-0.1, -0.05) is 45.0 Å². The third-order valence-corrected chi connectivity index (χ3v) is 6.79. The summed E-state index contributed by atoms with van der Waals surface area (Å²) in [4.78, 5) is 12.1. The Bertz CT molecular complexity index is 862. The van der Waals surface area contributed by atoms with Gasteiger partial charge >= 0.3 is 5.97 Å². The first kappa shape index (κ1) is 21.6. The molecule has 2 N–H and O–H groups in total. The molecule has 2 aromatic rings. The van der Waals surface area contributed by atoms with Gasteiger partial charge in [0.25, 0.3) is 0 Å². The molecule has 1 aromatic heterocycles. The van der Waals surface area contributed by atoms with E-state index in [1.165, 1.54) is 16.9 Å². The lowest BCUT2D eigenvalue weighted by molar-refractivity contribution is 0.0702. The van der Waals surface area contributed by atoms with Gasteiger partial charge in [-0.25, -0.2) is 17.9 Å². The number of carbonyl (C=O) groups is 1. The number of aromatic carboxylic acids is 1. The van der Waals surface area contributed by atoms with E-state index in [1.54, 1.807) is 12.1 Å². The number of carboxylic acids is 1. The molecule has 0 saturated heterocycles. The first-order valence-electron chi connectivity index (χ1n) is 8.95. The van der Waals surface area contributed by atoms with Crippen LogP contribution in [0.1, 0.15) is 52.9 Å². The molecule has 0 fully saturated rings. The zero-order chi connectivity index (χ0) is 20.1. The minimum atomic E-state index is -3.32. The standard InChI is InChI=1S/C20H27NO4S2/c1-20(2,3)16-8-6-15(7-9-16)12-14-27(24,25)21-13-4-5-17-10-11-18(26-17)19(22)23/h6-11,21H,4-5,12-14H2,1-3H3,(H,22,23). The van der Waals surface area contributed by atoms with Crippen LogP contribution in [0.15, 0.2) is 36.4 Å². The van der Waals surface area contributed by atoms with Gasteiger partial charge in [-0.15, -0.1) is 11.3 Å². The number of sulfonamides is 1. The predicted octanol–water partition coefficient (Wildman–Crippen LogP) is 3.84. The van der Waals surface area contributed by atoms with Crippen molar-refractivity contribution in [2.75, 3.05) is 12.3 Å². The molecule has 0 spiro atoms. The number of hydrogen-bond donors (Lipinski definition) is 2. The van der Waals surface area contributed by atoms with Crippen LogP contribution in [0.25, 0.3) is 0 Å². The van der Waals surface area contributed by atoms with Crippen molar-refractivity contribution in [3.8, 4) is 0 Å². The summed E-state index contributed by atoms with van der Waals surface area (Å²) in [6, 6.07) is 11.5. The smallest absolute Gasteiger partial charge is 0.345 e. The van der Waals surface area contributed by atoms with Crippen LogP contribution >= 0.6 is 11.3 Å². The molecule has 27 heavy (non-hydrogen) atoms. The summed E-state index contributed by atoms with van der Waals surface area (Å²) in [5.74, 6) is -0.869. The van der Waals surface area contributed by atoms with Crippen LogP contribution in [-0.2, 0) is 28.3 Å². The molecule has 0 unspecified atom stereocenters. The molecule has 1 heterocycles. The van der Waals surface area contributed by atoms with Crippen molar-refractivity contribution in [1.82, 2.24) is 4.72 Å². The molecule has 7 heteroatoms. The van der Waals surface area contributed by atoms with Crippen molar-refractivity contribution < 1.29 is 18.3 Å². The summed E-state index contributed by atoms with van der Waals surface area (Å²) in [5.41, 5.74) is 2.32. The zero-order valence-corrected chi connectivity index (χ0v) is 17.6. The quantitative estimate of drug-likeness (QED) is 0.617. The Kier molecular flexibility index (Phi) is 7.19. The first-order valence-corrected chi connectivity index (χ1v) is 11.4. The highest BCUT2D eigenvalue weighted by Crippen LogP contribution is 2.22. The number of carboxylic acid groups (broad SMARTS) is 1. The number of thiophene rings is 1. The fourth-order valence-electron chi connectivity index (χ4n) is 2.61. The molecule has 0 radical (unpaired) electrons. The summed E-state index contributed by atoms with van der Waals surface area (Å²) in [6.45, 7) is 6.80. The second-order valence-electron chi connectivity index (χ2n) is 7.58. The third-order valence-electron chi connectivity index (χ3n) is 4.27. The van der Waals surface area contributed by atoms with Gasteiger partial charge in [0.05, 0.1) is 5.75 Å². The Morgan fingerprint density at radius 1 is 1.07 bits per heavy atom. The van der Waals surface area contributed by atoms with Crippen LogP contribution in [-0.4, -0.2) is 31.8 Å². The van der Waals surface area contributed by atoms with Crippen LogP contribution in [0.3, 0.4) is 0 Å². The van der Waals surface area contributed by atoms with E-state index < -0.39 is 16.0 Å². The Hall–Kier alpha value is -1.70. The molecule has 0 atom stereocenters. The Labute approximate surface area is 165 Å². The van der Waals surface area contributed by atoms with Crippen molar-refractivity contribution in [2.45, 2.75) is 45.4 Å². The molecule has 0 bridgehead atoms. The van der Waals surface area contributed by atoms with Gasteiger partial charge in [-0.2, -0.15) is 0 Å². The molecule has 0 amide bonds. The van der Waals surface area contributed by atoms with Gasteiger partial charge in [-0.05, 0) is 47.9 Å². The molecule has 5 nitrogen and oxygen atoms in total. The van der Waals surface area contributed by atoms with E-state index in [-0.39, 0.29) is 11.2 Å². The SMILES string of the molecule is CC(C)(C)c1ccc(CCS(=O)(=O)NCCCc2ccc(C(=O)O)s2)cc1. The molecule has 0 aliphatic carbocycles. The van der Waals surface area contributed by atoms with Crippen molar-refractivity contribution >= 4 is 27.3 Å². The average molecular weight is 410 g/mol. The van der Waals surface area contributed by atoms with Gasteiger partial charge in [0, 0.05) is 11.4 Å². The fraction of sp³-hybridized carbons (Fsp3) is 0.450. The molecular weight excluding hydrogens is 382 g/mol. The van der Waals surface area contributed by atoms with Gasteiger partial charge in [0.15, 0.2) is 0 Å². The lowest BCUT2D eigenvalue weighted by atomic mass is 9.86. The van der Waals surface area contributed by atoms with Gasteiger partial charge in [0.2, 0.25) is 10.0 Å². The van der Waals surface area contributed by atoms with Crippen LogP contribution in [0.5, 0.6) is 0 Å². The molecule has 1 aromatic carbocycles.